The first kappa shape index (κ1) is 24.7. The minimum absolute atomic E-state index is 0.0943. The van der Waals surface area contributed by atoms with Crippen molar-refractivity contribution in [2.24, 2.45) is 0 Å². The molecule has 0 aliphatic carbocycles. The third-order valence-electron chi connectivity index (χ3n) is 5.15. The summed E-state index contributed by atoms with van der Waals surface area (Å²) in [4.78, 5) is 27.2. The summed E-state index contributed by atoms with van der Waals surface area (Å²) in [6.07, 6.45) is 0. The van der Waals surface area contributed by atoms with Crippen molar-refractivity contribution in [1.82, 2.24) is 4.90 Å². The number of halogens is 2. The van der Waals surface area contributed by atoms with Gasteiger partial charge in [0.25, 0.3) is 11.7 Å². The van der Waals surface area contributed by atoms with Crippen LogP contribution in [0.1, 0.15) is 24.1 Å². The van der Waals surface area contributed by atoms with Crippen LogP contribution in [-0.4, -0.2) is 60.8 Å². The van der Waals surface area contributed by atoms with E-state index in [2.05, 4.69) is 0 Å². The van der Waals surface area contributed by atoms with E-state index in [0.717, 1.165) is 0 Å². The lowest BCUT2D eigenvalue weighted by molar-refractivity contribution is -0.140. The summed E-state index contributed by atoms with van der Waals surface area (Å²) >= 11 is 12.4. The SMILES string of the molecule is CCOc1cc(C2/C(=C(\O)c3cc(Cl)c(OC)c(Cl)c3)C(=O)C(=O)N2CCOC)ccc1O. The second-order valence-corrected chi connectivity index (χ2v) is 7.93. The fourth-order valence-electron chi connectivity index (χ4n) is 3.67. The molecule has 1 saturated heterocycles. The average Bonchev–Trinajstić information content (AvgIpc) is 3.03. The van der Waals surface area contributed by atoms with E-state index in [1.165, 1.54) is 43.4 Å². The molecule has 0 radical (unpaired) electrons. The maximum atomic E-state index is 13.0. The van der Waals surface area contributed by atoms with Gasteiger partial charge in [-0.05, 0) is 36.8 Å². The van der Waals surface area contributed by atoms with E-state index >= 15 is 0 Å². The van der Waals surface area contributed by atoms with E-state index in [4.69, 9.17) is 37.4 Å². The Hall–Kier alpha value is -2.94. The number of carbonyl (C=O) groups excluding carboxylic acids is 2. The lowest BCUT2D eigenvalue weighted by atomic mass is 9.95. The molecule has 1 heterocycles. The summed E-state index contributed by atoms with van der Waals surface area (Å²) in [5.74, 6) is -1.81. The van der Waals surface area contributed by atoms with Crippen molar-refractivity contribution in [3.8, 4) is 17.2 Å². The van der Waals surface area contributed by atoms with Gasteiger partial charge >= 0.3 is 0 Å². The topological polar surface area (TPSA) is 106 Å². The maximum absolute atomic E-state index is 13.0. The molecule has 8 nitrogen and oxygen atoms in total. The molecular formula is C23H23Cl2NO7. The molecule has 1 fully saturated rings. The van der Waals surface area contributed by atoms with Gasteiger partial charge < -0.3 is 29.3 Å². The zero-order valence-corrected chi connectivity index (χ0v) is 19.7. The van der Waals surface area contributed by atoms with Crippen LogP contribution in [0.5, 0.6) is 17.2 Å². The number of aromatic hydroxyl groups is 1. The van der Waals surface area contributed by atoms with Crippen molar-refractivity contribution in [1.29, 1.82) is 0 Å². The molecule has 1 aliphatic rings. The van der Waals surface area contributed by atoms with E-state index in [1.807, 2.05) is 0 Å². The van der Waals surface area contributed by atoms with Gasteiger partial charge in [0.15, 0.2) is 17.2 Å². The largest absolute Gasteiger partial charge is 0.507 e. The van der Waals surface area contributed by atoms with E-state index in [-0.39, 0.29) is 51.6 Å². The van der Waals surface area contributed by atoms with Crippen LogP contribution >= 0.6 is 23.2 Å². The number of likely N-dealkylation sites (tertiary alicyclic amines) is 1. The second-order valence-electron chi connectivity index (χ2n) is 7.12. The number of aliphatic hydroxyl groups is 1. The number of Topliss-reactive ketones (excluding diaryl/α,β-unsaturated/α-hetero) is 1. The van der Waals surface area contributed by atoms with Crippen LogP contribution in [-0.2, 0) is 14.3 Å². The monoisotopic (exact) mass is 495 g/mol. The van der Waals surface area contributed by atoms with Gasteiger partial charge in [-0.15, -0.1) is 0 Å². The van der Waals surface area contributed by atoms with Crippen LogP contribution in [0.25, 0.3) is 5.76 Å². The standard InChI is InChI=1S/C23H23Cl2NO7/c1-4-33-17-11-12(5-6-16(17)27)19-18(21(29)23(30)26(19)7-8-31-2)20(28)13-9-14(24)22(32-3)15(25)10-13/h5-6,9-11,19,27-28H,4,7-8H2,1-3H3/b20-18+. The average molecular weight is 496 g/mol. The third-order valence-corrected chi connectivity index (χ3v) is 5.71. The van der Waals surface area contributed by atoms with Crippen molar-refractivity contribution in [3.05, 3.63) is 57.1 Å². The van der Waals surface area contributed by atoms with Crippen molar-refractivity contribution in [3.63, 3.8) is 0 Å². The number of hydrogen-bond acceptors (Lipinski definition) is 7. The van der Waals surface area contributed by atoms with Gasteiger partial charge in [0.1, 0.15) is 5.76 Å². The highest BCUT2D eigenvalue weighted by atomic mass is 35.5. The van der Waals surface area contributed by atoms with Gasteiger partial charge in [-0.2, -0.15) is 0 Å². The first-order valence-corrected chi connectivity index (χ1v) is 10.8. The van der Waals surface area contributed by atoms with E-state index in [9.17, 15) is 19.8 Å². The summed E-state index contributed by atoms with van der Waals surface area (Å²) in [5.41, 5.74) is 0.449. The zero-order valence-electron chi connectivity index (χ0n) is 18.2. The summed E-state index contributed by atoms with van der Waals surface area (Å²) in [6.45, 7) is 2.31. The van der Waals surface area contributed by atoms with Crippen molar-refractivity contribution < 1.29 is 34.0 Å². The van der Waals surface area contributed by atoms with Gasteiger partial charge in [-0.3, -0.25) is 9.59 Å². The normalized spacial score (nSPS) is 17.5. The Bertz CT molecular complexity index is 1090. The fourth-order valence-corrected chi connectivity index (χ4v) is 4.31. The highest BCUT2D eigenvalue weighted by Crippen LogP contribution is 2.43. The molecular weight excluding hydrogens is 473 g/mol. The summed E-state index contributed by atoms with van der Waals surface area (Å²) < 4.78 is 15.7. The predicted octanol–water partition coefficient (Wildman–Crippen LogP) is 4.17. The van der Waals surface area contributed by atoms with E-state index in [1.54, 1.807) is 13.0 Å². The van der Waals surface area contributed by atoms with Crippen molar-refractivity contribution in [2.45, 2.75) is 13.0 Å². The van der Waals surface area contributed by atoms with Crippen molar-refractivity contribution >= 4 is 40.7 Å². The number of hydrogen-bond donors (Lipinski definition) is 2. The van der Waals surface area contributed by atoms with Crippen LogP contribution in [0.2, 0.25) is 10.0 Å². The first-order valence-electron chi connectivity index (χ1n) is 10.0. The predicted molar refractivity (Wildman–Crippen MR) is 123 cm³/mol. The number of methoxy groups -OCH3 is 2. The molecule has 33 heavy (non-hydrogen) atoms. The van der Waals surface area contributed by atoms with E-state index < -0.39 is 23.5 Å². The summed E-state index contributed by atoms with van der Waals surface area (Å²) in [6, 6.07) is 6.30. The number of carbonyl (C=O) groups is 2. The minimum Gasteiger partial charge on any atom is -0.507 e. The number of rotatable bonds is 8. The summed E-state index contributed by atoms with van der Waals surface area (Å²) in [7, 11) is 2.87. The van der Waals surface area contributed by atoms with Crippen LogP contribution in [0.15, 0.2) is 35.9 Å². The molecule has 0 saturated carbocycles. The number of amides is 1. The van der Waals surface area contributed by atoms with Crippen molar-refractivity contribution in [2.75, 3.05) is 34.0 Å². The molecule has 10 heteroatoms. The van der Waals surface area contributed by atoms with Gasteiger partial charge in [-0.1, -0.05) is 29.3 Å². The Kier molecular flexibility index (Phi) is 7.73. The smallest absolute Gasteiger partial charge is 0.295 e. The molecule has 2 N–H and O–H groups in total. The lowest BCUT2D eigenvalue weighted by Crippen LogP contribution is -2.32. The highest BCUT2D eigenvalue weighted by Gasteiger charge is 2.46. The molecule has 0 bridgehead atoms. The fraction of sp³-hybridized carbons (Fsp3) is 0.304. The number of ketones is 1. The lowest BCUT2D eigenvalue weighted by Gasteiger charge is -2.25. The molecule has 3 rings (SSSR count). The molecule has 0 spiro atoms. The Morgan fingerprint density at radius 3 is 2.36 bits per heavy atom. The highest BCUT2D eigenvalue weighted by molar-refractivity contribution is 6.46. The second kappa shape index (κ2) is 10.3. The number of benzene rings is 2. The minimum atomic E-state index is -0.959. The quantitative estimate of drug-likeness (QED) is 0.321. The Morgan fingerprint density at radius 1 is 1.12 bits per heavy atom. The third kappa shape index (κ3) is 4.73. The number of phenols is 1. The molecule has 1 amide bonds. The number of ether oxygens (including phenoxy) is 3. The van der Waals surface area contributed by atoms with Gasteiger partial charge in [0.05, 0.1) is 42.0 Å². The number of aliphatic hydroxyl groups excluding tert-OH is 1. The van der Waals surface area contributed by atoms with Gasteiger partial charge in [-0.25, -0.2) is 0 Å². The number of phenolic OH excluding ortho intramolecular Hbond substituents is 1. The van der Waals surface area contributed by atoms with Crippen LogP contribution in [0, 0.1) is 0 Å². The summed E-state index contributed by atoms with van der Waals surface area (Å²) in [5, 5.41) is 21.5. The molecule has 1 unspecified atom stereocenters. The molecule has 1 atom stereocenters. The van der Waals surface area contributed by atoms with Crippen LogP contribution in [0.4, 0.5) is 0 Å². The Labute approximate surface area is 200 Å². The van der Waals surface area contributed by atoms with Crippen LogP contribution in [0.3, 0.4) is 0 Å². The zero-order chi connectivity index (χ0) is 24.3. The number of nitrogens with zero attached hydrogens (tertiary/aromatic N) is 1. The molecule has 0 aromatic heterocycles. The Balaban J connectivity index is 2.22. The molecule has 2 aromatic rings. The van der Waals surface area contributed by atoms with Gasteiger partial charge in [0, 0.05) is 19.2 Å². The van der Waals surface area contributed by atoms with Crippen LogP contribution < -0.4 is 9.47 Å². The molecule has 176 valence electrons. The molecule has 1 aliphatic heterocycles. The first-order chi connectivity index (χ1) is 15.7. The Morgan fingerprint density at radius 2 is 1.79 bits per heavy atom. The molecule has 2 aromatic carbocycles. The van der Waals surface area contributed by atoms with E-state index in [0.29, 0.717) is 12.2 Å². The van der Waals surface area contributed by atoms with Gasteiger partial charge in [0.2, 0.25) is 0 Å². The maximum Gasteiger partial charge on any atom is 0.295 e.